The molecule has 17 heavy (non-hydrogen) atoms. The minimum absolute atomic E-state index is 0.00442. The smallest absolute Gasteiger partial charge is 0.244 e. The molecule has 2 N–H and O–H groups in total. The number of ether oxygens (including phenoxy) is 1. The van der Waals surface area contributed by atoms with Gasteiger partial charge in [-0.3, -0.25) is 9.48 Å². The third-order valence-electron chi connectivity index (χ3n) is 2.77. The van der Waals surface area contributed by atoms with E-state index < -0.39 is 6.04 Å². The lowest BCUT2D eigenvalue weighted by Crippen LogP contribution is -2.42. The molecule has 1 heterocycles. The van der Waals surface area contributed by atoms with E-state index in [2.05, 4.69) is 5.10 Å². The van der Waals surface area contributed by atoms with Crippen LogP contribution in [-0.2, 0) is 16.6 Å². The van der Waals surface area contributed by atoms with E-state index in [4.69, 9.17) is 10.5 Å². The fourth-order valence-corrected chi connectivity index (χ4v) is 1.53. The zero-order chi connectivity index (χ0) is 13.0. The van der Waals surface area contributed by atoms with Crippen molar-refractivity contribution in [2.75, 3.05) is 20.8 Å². The van der Waals surface area contributed by atoms with E-state index in [9.17, 15) is 4.79 Å². The Balaban J connectivity index is 2.69. The fraction of sp³-hybridized carbons (Fsp3) is 0.636. The van der Waals surface area contributed by atoms with Gasteiger partial charge in [0.25, 0.3) is 0 Å². The minimum Gasteiger partial charge on any atom is -0.383 e. The molecule has 2 atom stereocenters. The summed E-state index contributed by atoms with van der Waals surface area (Å²) in [4.78, 5) is 13.7. The summed E-state index contributed by atoms with van der Waals surface area (Å²) in [5.74, 6) is -0.137. The number of nitrogens with two attached hydrogens (primary N) is 1. The minimum atomic E-state index is -0.673. The van der Waals surface area contributed by atoms with E-state index >= 15 is 0 Å². The van der Waals surface area contributed by atoms with Gasteiger partial charge in [-0.2, -0.15) is 5.10 Å². The second-order valence-electron chi connectivity index (χ2n) is 4.18. The van der Waals surface area contributed by atoms with Gasteiger partial charge < -0.3 is 15.4 Å². The molecule has 1 amide bonds. The number of hydrogen-bond donors (Lipinski definition) is 1. The number of nitrogens with zero attached hydrogens (tertiary/aromatic N) is 3. The Morgan fingerprint density at radius 1 is 1.71 bits per heavy atom. The third kappa shape index (κ3) is 3.28. The Hall–Kier alpha value is -1.40. The Kier molecular flexibility index (Phi) is 4.65. The normalized spacial score (nSPS) is 14.4. The highest BCUT2D eigenvalue weighted by molar-refractivity contribution is 5.82. The van der Waals surface area contributed by atoms with Crippen LogP contribution in [0.15, 0.2) is 12.4 Å². The van der Waals surface area contributed by atoms with Crippen LogP contribution in [0, 0.1) is 0 Å². The van der Waals surface area contributed by atoms with Gasteiger partial charge in [0.2, 0.25) is 5.91 Å². The highest BCUT2D eigenvalue weighted by Crippen LogP contribution is 2.12. The van der Waals surface area contributed by atoms with Crippen molar-refractivity contribution in [3.8, 4) is 0 Å². The Bertz CT molecular complexity index is 377. The van der Waals surface area contributed by atoms with Crippen LogP contribution in [0.4, 0.5) is 0 Å². The molecule has 1 aromatic heterocycles. The summed E-state index contributed by atoms with van der Waals surface area (Å²) >= 11 is 0. The first-order valence-corrected chi connectivity index (χ1v) is 5.47. The van der Waals surface area contributed by atoms with Crippen molar-refractivity contribution in [2.45, 2.75) is 19.0 Å². The fourth-order valence-electron chi connectivity index (χ4n) is 1.53. The van der Waals surface area contributed by atoms with Gasteiger partial charge in [-0.15, -0.1) is 0 Å². The number of rotatable bonds is 5. The number of aryl methyl sites for hydroxylation is 1. The molecule has 0 spiro atoms. The van der Waals surface area contributed by atoms with Gasteiger partial charge in [0, 0.05) is 33.0 Å². The number of aromatic nitrogens is 2. The van der Waals surface area contributed by atoms with Crippen molar-refractivity contribution in [3.63, 3.8) is 0 Å². The molecule has 1 aromatic rings. The van der Waals surface area contributed by atoms with E-state index in [1.165, 1.54) is 0 Å². The van der Waals surface area contributed by atoms with E-state index in [1.807, 2.05) is 6.92 Å². The van der Waals surface area contributed by atoms with Crippen LogP contribution in [-0.4, -0.2) is 47.4 Å². The zero-order valence-electron chi connectivity index (χ0n) is 10.8. The van der Waals surface area contributed by atoms with Crippen molar-refractivity contribution >= 4 is 5.91 Å². The highest BCUT2D eigenvalue weighted by atomic mass is 16.5. The monoisotopic (exact) mass is 240 g/mol. The number of carbonyl (C=O) groups is 1. The van der Waals surface area contributed by atoms with Crippen molar-refractivity contribution in [2.24, 2.45) is 12.8 Å². The maximum atomic E-state index is 12.1. The van der Waals surface area contributed by atoms with E-state index in [0.717, 1.165) is 0 Å². The summed E-state index contributed by atoms with van der Waals surface area (Å²) < 4.78 is 6.64. The molecule has 0 bridgehead atoms. The summed E-state index contributed by atoms with van der Waals surface area (Å²) in [5.41, 5.74) is 6.62. The van der Waals surface area contributed by atoms with Gasteiger partial charge >= 0.3 is 0 Å². The van der Waals surface area contributed by atoms with Gasteiger partial charge in [0.05, 0.1) is 18.8 Å². The summed E-state index contributed by atoms with van der Waals surface area (Å²) in [5, 5.41) is 4.00. The van der Waals surface area contributed by atoms with E-state index in [0.29, 0.717) is 12.2 Å². The van der Waals surface area contributed by atoms with Crippen LogP contribution < -0.4 is 5.73 Å². The first-order chi connectivity index (χ1) is 7.97. The average molecular weight is 240 g/mol. The summed E-state index contributed by atoms with van der Waals surface area (Å²) in [6, 6.07) is -0.678. The number of amides is 1. The van der Waals surface area contributed by atoms with Crippen LogP contribution in [0.1, 0.15) is 18.5 Å². The van der Waals surface area contributed by atoms with Gasteiger partial charge in [-0.05, 0) is 6.92 Å². The molecule has 96 valence electrons. The Morgan fingerprint density at radius 2 is 2.35 bits per heavy atom. The maximum absolute atomic E-state index is 12.1. The molecular weight excluding hydrogens is 220 g/mol. The highest BCUT2D eigenvalue weighted by Gasteiger charge is 2.24. The second kappa shape index (κ2) is 5.79. The largest absolute Gasteiger partial charge is 0.383 e. The second-order valence-corrected chi connectivity index (χ2v) is 4.18. The molecule has 0 aromatic carbocycles. The molecule has 6 nitrogen and oxygen atoms in total. The molecule has 2 unspecified atom stereocenters. The topological polar surface area (TPSA) is 73.4 Å². The lowest BCUT2D eigenvalue weighted by molar-refractivity contribution is -0.134. The molecule has 6 heteroatoms. The molecule has 0 aliphatic heterocycles. The molecule has 0 saturated carbocycles. The SMILES string of the molecule is COCC(C)N(C)C(=O)C(N)c1cnn(C)c1. The average Bonchev–Trinajstić information content (AvgIpc) is 2.73. The molecule has 0 aliphatic carbocycles. The van der Waals surface area contributed by atoms with Crippen LogP contribution >= 0.6 is 0 Å². The lowest BCUT2D eigenvalue weighted by atomic mass is 10.1. The summed E-state index contributed by atoms with van der Waals surface area (Å²) in [7, 11) is 5.12. The molecule has 0 aliphatic rings. The number of hydrogen-bond acceptors (Lipinski definition) is 4. The summed E-state index contributed by atoms with van der Waals surface area (Å²) in [6.45, 7) is 2.40. The standard InChI is InChI=1S/C11H20N4O2/c1-8(7-17-4)15(3)11(16)10(12)9-5-13-14(2)6-9/h5-6,8,10H,7,12H2,1-4H3. The van der Waals surface area contributed by atoms with Gasteiger partial charge in [0.1, 0.15) is 6.04 Å². The first-order valence-electron chi connectivity index (χ1n) is 5.47. The molecule has 0 saturated heterocycles. The van der Waals surface area contributed by atoms with Crippen LogP contribution in [0.2, 0.25) is 0 Å². The predicted octanol–water partition coefficient (Wildman–Crippen LogP) is -0.0868. The number of likely N-dealkylation sites (N-methyl/N-ethyl adjacent to an activating group) is 1. The number of carbonyl (C=O) groups excluding carboxylic acids is 1. The van der Waals surface area contributed by atoms with E-state index in [1.54, 1.807) is 43.2 Å². The van der Waals surface area contributed by atoms with Crippen LogP contribution in [0.5, 0.6) is 0 Å². The third-order valence-corrected chi connectivity index (χ3v) is 2.77. The van der Waals surface area contributed by atoms with Crippen LogP contribution in [0.3, 0.4) is 0 Å². The van der Waals surface area contributed by atoms with Gasteiger partial charge in [0.15, 0.2) is 0 Å². The zero-order valence-corrected chi connectivity index (χ0v) is 10.8. The quantitative estimate of drug-likeness (QED) is 0.781. The number of methoxy groups -OCH3 is 1. The first kappa shape index (κ1) is 13.7. The van der Waals surface area contributed by atoms with Crippen molar-refractivity contribution < 1.29 is 9.53 Å². The van der Waals surface area contributed by atoms with Crippen LogP contribution in [0.25, 0.3) is 0 Å². The van der Waals surface area contributed by atoms with Gasteiger partial charge in [-0.25, -0.2) is 0 Å². The molecule has 1 rings (SSSR count). The Morgan fingerprint density at radius 3 is 2.82 bits per heavy atom. The van der Waals surface area contributed by atoms with Crippen molar-refractivity contribution in [3.05, 3.63) is 18.0 Å². The summed E-state index contributed by atoms with van der Waals surface area (Å²) in [6.07, 6.45) is 3.36. The predicted molar refractivity (Wildman–Crippen MR) is 64.2 cm³/mol. The molecule has 0 fully saturated rings. The van der Waals surface area contributed by atoms with Crippen molar-refractivity contribution in [1.82, 2.24) is 14.7 Å². The lowest BCUT2D eigenvalue weighted by Gasteiger charge is -2.26. The molecular formula is C11H20N4O2. The molecule has 0 radical (unpaired) electrons. The maximum Gasteiger partial charge on any atom is 0.244 e. The Labute approximate surface area is 101 Å². The van der Waals surface area contributed by atoms with E-state index in [-0.39, 0.29) is 11.9 Å². The van der Waals surface area contributed by atoms with Gasteiger partial charge in [-0.1, -0.05) is 0 Å². The van der Waals surface area contributed by atoms with Crippen molar-refractivity contribution in [1.29, 1.82) is 0 Å².